The van der Waals surface area contributed by atoms with E-state index >= 15 is 0 Å². The number of rotatable bonds is 7. The molecule has 0 N–H and O–H groups in total. The molecule has 0 amide bonds. The van der Waals surface area contributed by atoms with Crippen molar-refractivity contribution in [3.63, 3.8) is 0 Å². The van der Waals surface area contributed by atoms with Crippen molar-refractivity contribution in [1.82, 2.24) is 0 Å². The van der Waals surface area contributed by atoms with E-state index in [2.05, 4.69) is 212 Å². The quantitative estimate of drug-likeness (QED) is 0.160. The highest BCUT2D eigenvalue weighted by Crippen LogP contribution is 2.39. The maximum Gasteiger partial charge on any atom is 0.0773 e. The Morgan fingerprint density at radius 1 is 0.446 bits per heavy atom. The third-order valence-corrected chi connectivity index (χ3v) is 10.5. The molecular formula is C54H46N2. The lowest BCUT2D eigenvalue weighted by Gasteiger charge is -2.26. The lowest BCUT2D eigenvalue weighted by Crippen LogP contribution is -2.10. The lowest BCUT2D eigenvalue weighted by atomic mass is 9.89. The smallest absolute Gasteiger partial charge is 0.0773 e. The molecule has 1 heterocycles. The molecule has 0 atom stereocenters. The van der Waals surface area contributed by atoms with Gasteiger partial charge in [-0.3, -0.25) is 4.99 Å². The predicted molar refractivity (Wildman–Crippen MR) is 240 cm³/mol. The minimum absolute atomic E-state index is 1.01. The first-order chi connectivity index (χ1) is 27.7. The Hall–Kier alpha value is -6.77. The summed E-state index contributed by atoms with van der Waals surface area (Å²) in [5.74, 6) is 0. The summed E-state index contributed by atoms with van der Waals surface area (Å²) in [5, 5.41) is 0. The Bertz CT molecular complexity index is 2410. The zero-order valence-corrected chi connectivity index (χ0v) is 31.9. The van der Waals surface area contributed by atoms with Crippen LogP contribution in [-0.4, -0.2) is 5.71 Å². The number of allylic oxidation sites excluding steroid dienone is 11. The molecule has 0 unspecified atom stereocenters. The Morgan fingerprint density at radius 3 is 1.71 bits per heavy atom. The molecule has 8 rings (SSSR count). The van der Waals surface area contributed by atoms with Crippen LogP contribution in [0.3, 0.4) is 0 Å². The molecule has 0 saturated carbocycles. The minimum atomic E-state index is 1.01. The van der Waals surface area contributed by atoms with E-state index in [9.17, 15) is 0 Å². The van der Waals surface area contributed by atoms with Crippen LogP contribution in [0.1, 0.15) is 38.2 Å². The fraction of sp³-hybridized carbons (Fsp3) is 0.0926. The second-order valence-corrected chi connectivity index (χ2v) is 14.4. The third-order valence-electron chi connectivity index (χ3n) is 10.5. The highest BCUT2D eigenvalue weighted by Gasteiger charge is 2.17. The average molecular weight is 723 g/mol. The minimum Gasteiger partial charge on any atom is -0.310 e. The molecular weight excluding hydrogens is 677 g/mol. The molecule has 0 spiro atoms. The van der Waals surface area contributed by atoms with Gasteiger partial charge in [-0.2, -0.15) is 0 Å². The van der Waals surface area contributed by atoms with Gasteiger partial charge in [0, 0.05) is 28.8 Å². The fourth-order valence-corrected chi connectivity index (χ4v) is 7.51. The highest BCUT2D eigenvalue weighted by atomic mass is 15.1. The molecule has 1 aliphatic carbocycles. The van der Waals surface area contributed by atoms with Crippen molar-refractivity contribution in [2.24, 2.45) is 4.99 Å². The van der Waals surface area contributed by atoms with Crippen LogP contribution in [0.2, 0.25) is 0 Å². The van der Waals surface area contributed by atoms with Crippen molar-refractivity contribution >= 4 is 22.8 Å². The zero-order chi connectivity index (χ0) is 37.9. The van der Waals surface area contributed by atoms with Crippen LogP contribution >= 0.6 is 0 Å². The molecule has 272 valence electrons. The Kier molecular flexibility index (Phi) is 11.4. The van der Waals surface area contributed by atoms with Gasteiger partial charge in [0.1, 0.15) is 0 Å². The van der Waals surface area contributed by atoms with Crippen molar-refractivity contribution in [1.29, 1.82) is 0 Å². The summed E-state index contributed by atoms with van der Waals surface area (Å²) in [6.07, 6.45) is 23.3. The van der Waals surface area contributed by atoms with Gasteiger partial charge in [0.15, 0.2) is 0 Å². The molecule has 1 aliphatic heterocycles. The standard InChI is InChI=1S/C54H46N2/c1-41-17-7-6-14-38-55-54(53-27-13-3-2-8-22-46(53)29-28-41)49-25-15-23-47(39-49)48-24-16-26-52(40-48)56(50-34-30-44(31-35-50)42-18-9-4-10-19-42)51-36-32-45(33-37-51)43-20-11-5-12-21-43/h2-7,9-21,23-27,30-40H,8,22,28-29H2,1H3/b3-2+,7-6-,27-13-,38-14+,41-17+,53-46?,55-54-. The summed E-state index contributed by atoms with van der Waals surface area (Å²) in [5.41, 5.74) is 16.6. The van der Waals surface area contributed by atoms with Crippen LogP contribution < -0.4 is 4.90 Å². The van der Waals surface area contributed by atoms with Gasteiger partial charge in [-0.1, -0.05) is 169 Å². The fourth-order valence-electron chi connectivity index (χ4n) is 7.51. The molecule has 6 aromatic rings. The van der Waals surface area contributed by atoms with E-state index in [1.165, 1.54) is 39.0 Å². The summed E-state index contributed by atoms with van der Waals surface area (Å²) in [6, 6.07) is 56.7. The largest absolute Gasteiger partial charge is 0.310 e. The summed E-state index contributed by atoms with van der Waals surface area (Å²) in [4.78, 5) is 7.50. The van der Waals surface area contributed by atoms with E-state index in [0.717, 1.165) is 65.1 Å². The van der Waals surface area contributed by atoms with Crippen LogP contribution in [0.15, 0.2) is 234 Å². The van der Waals surface area contributed by atoms with E-state index in [-0.39, 0.29) is 0 Å². The van der Waals surface area contributed by atoms with Crippen molar-refractivity contribution in [2.45, 2.75) is 32.6 Å². The summed E-state index contributed by atoms with van der Waals surface area (Å²) in [7, 11) is 0. The molecule has 0 aromatic heterocycles. The van der Waals surface area contributed by atoms with Gasteiger partial charge >= 0.3 is 0 Å². The van der Waals surface area contributed by atoms with E-state index in [1.54, 1.807) is 0 Å². The summed E-state index contributed by atoms with van der Waals surface area (Å²) in [6.45, 7) is 2.23. The molecule has 0 radical (unpaired) electrons. The normalized spacial score (nSPS) is 18.6. The van der Waals surface area contributed by atoms with Gasteiger partial charge in [-0.15, -0.1) is 0 Å². The molecule has 6 aromatic carbocycles. The number of hydrogen-bond donors (Lipinski definition) is 0. The number of anilines is 3. The Labute approximate surface area is 332 Å². The molecule has 0 saturated heterocycles. The van der Waals surface area contributed by atoms with Gasteiger partial charge < -0.3 is 4.90 Å². The van der Waals surface area contributed by atoms with Gasteiger partial charge in [0.05, 0.1) is 5.71 Å². The monoisotopic (exact) mass is 722 g/mol. The molecule has 56 heavy (non-hydrogen) atoms. The maximum absolute atomic E-state index is 5.14. The Balaban J connectivity index is 1.19. The highest BCUT2D eigenvalue weighted by molar-refractivity contribution is 6.15. The second-order valence-electron chi connectivity index (χ2n) is 14.4. The van der Waals surface area contributed by atoms with Gasteiger partial charge in [-0.25, -0.2) is 0 Å². The summed E-state index contributed by atoms with van der Waals surface area (Å²) < 4.78 is 0. The maximum atomic E-state index is 5.14. The SMILES string of the molecule is C\C1=C/C=C\C=C\N=C(\c2cccc(-c3cccc(N(c4ccc(-c5ccccc5)cc4)c4ccc(-c5ccccc5)cc4)c3)c2)C2=C(CC/C=C/C=C\2)CC1. The average Bonchev–Trinajstić information content (AvgIpc) is 3.24. The number of aliphatic imine (C=N–C) groups is 1. The van der Waals surface area contributed by atoms with Crippen LogP contribution in [0, 0.1) is 0 Å². The number of nitrogens with zero attached hydrogens (tertiary/aromatic N) is 2. The first-order valence-corrected chi connectivity index (χ1v) is 19.6. The molecule has 2 aliphatic rings. The van der Waals surface area contributed by atoms with E-state index < -0.39 is 0 Å². The van der Waals surface area contributed by atoms with Gasteiger partial charge in [-0.05, 0) is 120 Å². The topological polar surface area (TPSA) is 15.6 Å². The van der Waals surface area contributed by atoms with Crippen molar-refractivity contribution in [3.8, 4) is 33.4 Å². The van der Waals surface area contributed by atoms with Crippen LogP contribution in [-0.2, 0) is 0 Å². The lowest BCUT2D eigenvalue weighted by molar-refractivity contribution is 0.835. The van der Waals surface area contributed by atoms with Crippen molar-refractivity contribution < 1.29 is 0 Å². The predicted octanol–water partition coefficient (Wildman–Crippen LogP) is 15.0. The van der Waals surface area contributed by atoms with Crippen LogP contribution in [0.25, 0.3) is 33.4 Å². The number of benzene rings is 6. The second kappa shape index (κ2) is 17.6. The number of hydrogen-bond acceptors (Lipinski definition) is 2. The first-order valence-electron chi connectivity index (χ1n) is 19.6. The molecule has 0 bridgehead atoms. The van der Waals surface area contributed by atoms with E-state index in [4.69, 9.17) is 4.99 Å². The molecule has 0 fully saturated rings. The van der Waals surface area contributed by atoms with Crippen molar-refractivity contribution in [3.05, 3.63) is 235 Å². The first kappa shape index (κ1) is 36.2. The Morgan fingerprint density at radius 2 is 1.04 bits per heavy atom. The zero-order valence-electron chi connectivity index (χ0n) is 31.9. The molecule has 2 heteroatoms. The third kappa shape index (κ3) is 8.62. The van der Waals surface area contributed by atoms with E-state index in [1.807, 2.05) is 12.3 Å². The van der Waals surface area contributed by atoms with Crippen LogP contribution in [0.4, 0.5) is 17.1 Å². The molecule has 2 nitrogen and oxygen atoms in total. The van der Waals surface area contributed by atoms with E-state index in [0.29, 0.717) is 0 Å². The van der Waals surface area contributed by atoms with Crippen LogP contribution in [0.5, 0.6) is 0 Å². The summed E-state index contributed by atoms with van der Waals surface area (Å²) >= 11 is 0. The van der Waals surface area contributed by atoms with Gasteiger partial charge in [0.2, 0.25) is 0 Å². The van der Waals surface area contributed by atoms with Gasteiger partial charge in [0.25, 0.3) is 0 Å². The van der Waals surface area contributed by atoms with Crippen molar-refractivity contribution in [2.75, 3.05) is 4.90 Å².